The first kappa shape index (κ1) is 9.76. The second kappa shape index (κ2) is 3.81. The van der Waals surface area contributed by atoms with E-state index in [1.807, 2.05) is 0 Å². The summed E-state index contributed by atoms with van der Waals surface area (Å²) < 4.78 is 2.11. The van der Waals surface area contributed by atoms with Crippen molar-refractivity contribution in [2.45, 2.75) is 19.6 Å². The summed E-state index contributed by atoms with van der Waals surface area (Å²) in [4.78, 5) is 0. The smallest absolute Gasteiger partial charge is 0.121 e. The van der Waals surface area contributed by atoms with Gasteiger partial charge in [0.25, 0.3) is 0 Å². The van der Waals surface area contributed by atoms with Crippen LogP contribution in [0.4, 0.5) is 0 Å². The van der Waals surface area contributed by atoms with Crippen LogP contribution in [0, 0.1) is 0 Å². The minimum atomic E-state index is -1.22. The van der Waals surface area contributed by atoms with Crippen molar-refractivity contribution in [2.24, 2.45) is 0 Å². The quantitative estimate of drug-likeness (QED) is 0.372. The van der Waals surface area contributed by atoms with Gasteiger partial charge in [-0.25, -0.2) is 0 Å². The van der Waals surface area contributed by atoms with Crippen LogP contribution in [-0.2, 0) is 0 Å². The summed E-state index contributed by atoms with van der Waals surface area (Å²) in [5.41, 5.74) is 0. The van der Waals surface area contributed by atoms with E-state index in [2.05, 4.69) is 24.2 Å². The molecule has 0 saturated heterocycles. The van der Waals surface area contributed by atoms with E-state index in [0.29, 0.717) is 12.0 Å². The molecule has 0 N–H and O–H groups in total. The fourth-order valence-corrected chi connectivity index (χ4v) is 3.51. The molecular formula is C5H13Cl2NSi. The second-order valence-electron chi connectivity index (χ2n) is 2.95. The van der Waals surface area contributed by atoms with Crippen molar-refractivity contribution in [3.05, 3.63) is 0 Å². The highest BCUT2D eigenvalue weighted by atomic mass is 35.5. The van der Waals surface area contributed by atoms with Crippen LogP contribution in [0.1, 0.15) is 0 Å². The summed E-state index contributed by atoms with van der Waals surface area (Å²) in [6, 6.07) is 1.11. The summed E-state index contributed by atoms with van der Waals surface area (Å²) in [7, 11) is -1.22. The van der Waals surface area contributed by atoms with Crippen LogP contribution in [0.5, 0.6) is 0 Å². The Morgan fingerprint density at radius 2 is 1.44 bits per heavy atom. The molecule has 0 fully saturated rings. The Balaban J connectivity index is 3.79. The van der Waals surface area contributed by atoms with Crippen molar-refractivity contribution < 1.29 is 0 Å². The maximum absolute atomic E-state index is 5.63. The third-order valence-corrected chi connectivity index (χ3v) is 4.43. The molecule has 0 unspecified atom stereocenters. The maximum atomic E-state index is 5.63. The van der Waals surface area contributed by atoms with Crippen molar-refractivity contribution in [2.75, 3.05) is 12.0 Å². The van der Waals surface area contributed by atoms with Crippen molar-refractivity contribution in [3.8, 4) is 0 Å². The zero-order valence-electron chi connectivity index (χ0n) is 6.12. The van der Waals surface area contributed by atoms with Crippen LogP contribution in [-0.4, -0.2) is 24.8 Å². The van der Waals surface area contributed by atoms with E-state index in [4.69, 9.17) is 23.2 Å². The van der Waals surface area contributed by atoms with Gasteiger partial charge in [-0.05, 0) is 0 Å². The molecule has 0 aromatic heterocycles. The molecule has 1 nitrogen and oxygen atoms in total. The number of rotatable bonds is 3. The molecule has 0 rings (SSSR count). The average molecular weight is 186 g/mol. The van der Waals surface area contributed by atoms with Crippen molar-refractivity contribution in [1.29, 1.82) is 0 Å². The van der Waals surface area contributed by atoms with Crippen LogP contribution < -0.4 is 0 Å². The largest absolute Gasteiger partial charge is 0.299 e. The Hall–Kier alpha value is 0.757. The molecule has 0 aliphatic heterocycles. The van der Waals surface area contributed by atoms with Gasteiger partial charge in [0.2, 0.25) is 0 Å². The Bertz CT molecular complexity index is 77.5. The summed E-state index contributed by atoms with van der Waals surface area (Å²) >= 11 is 11.3. The highest BCUT2D eigenvalue weighted by molar-refractivity contribution is 6.74. The van der Waals surface area contributed by atoms with Gasteiger partial charge in [0, 0.05) is 0 Å². The number of halogens is 2. The van der Waals surface area contributed by atoms with Crippen LogP contribution in [0.3, 0.4) is 0 Å². The molecular weight excluding hydrogens is 173 g/mol. The van der Waals surface area contributed by atoms with Gasteiger partial charge in [-0.3, -0.25) is 4.57 Å². The monoisotopic (exact) mass is 185 g/mol. The highest BCUT2D eigenvalue weighted by Gasteiger charge is 2.21. The standard InChI is InChI=1S/C5H13Cl2NSi/c1-9(2,3)8(4-6)5-7/h4-5H2,1-3H3. The fraction of sp³-hybridized carbons (Fsp3) is 1.00. The lowest BCUT2D eigenvalue weighted by Gasteiger charge is -2.29. The molecule has 9 heavy (non-hydrogen) atoms. The van der Waals surface area contributed by atoms with E-state index in [-0.39, 0.29) is 0 Å². The van der Waals surface area contributed by atoms with Gasteiger partial charge >= 0.3 is 0 Å². The molecule has 0 aliphatic rings. The SMILES string of the molecule is C[Si](C)(C)N(CCl)CCl. The predicted molar refractivity (Wildman–Crippen MR) is 46.6 cm³/mol. The van der Waals surface area contributed by atoms with Crippen LogP contribution in [0.15, 0.2) is 0 Å². The topological polar surface area (TPSA) is 3.24 Å². The molecule has 0 bridgehead atoms. The zero-order chi connectivity index (χ0) is 7.49. The minimum absolute atomic E-state index is 0.555. The van der Waals surface area contributed by atoms with Crippen LogP contribution in [0.25, 0.3) is 0 Å². The predicted octanol–water partition coefficient (Wildman–Crippen LogP) is 2.52. The molecule has 0 aliphatic carbocycles. The van der Waals surface area contributed by atoms with E-state index >= 15 is 0 Å². The lowest BCUT2D eigenvalue weighted by Crippen LogP contribution is -2.44. The summed E-state index contributed by atoms with van der Waals surface area (Å²) in [6.07, 6.45) is 0. The number of alkyl halides is 2. The molecule has 0 heterocycles. The summed E-state index contributed by atoms with van der Waals surface area (Å²) in [6.45, 7) is 6.66. The molecule has 56 valence electrons. The number of nitrogens with zero attached hydrogens (tertiary/aromatic N) is 1. The molecule has 0 spiro atoms. The van der Waals surface area contributed by atoms with Crippen molar-refractivity contribution in [3.63, 3.8) is 0 Å². The number of hydrogen-bond donors (Lipinski definition) is 0. The van der Waals surface area contributed by atoms with Gasteiger partial charge in [0.1, 0.15) is 8.24 Å². The molecule has 0 saturated carbocycles. The Labute approximate surface area is 68.0 Å². The fourth-order valence-electron chi connectivity index (χ4n) is 0.391. The van der Waals surface area contributed by atoms with Gasteiger partial charge in [0.15, 0.2) is 0 Å². The first-order valence-electron chi connectivity index (χ1n) is 2.89. The molecule has 0 atom stereocenters. The Kier molecular flexibility index (Phi) is 4.13. The molecule has 0 radical (unpaired) electrons. The van der Waals surface area contributed by atoms with Crippen LogP contribution in [0.2, 0.25) is 19.6 Å². The van der Waals surface area contributed by atoms with Gasteiger partial charge in [-0.15, -0.1) is 23.2 Å². The van der Waals surface area contributed by atoms with Gasteiger partial charge < -0.3 is 0 Å². The first-order valence-corrected chi connectivity index (χ1v) is 7.41. The minimum Gasteiger partial charge on any atom is -0.299 e. The molecule has 0 aromatic carbocycles. The maximum Gasteiger partial charge on any atom is 0.121 e. The first-order chi connectivity index (χ1) is 4.02. The van der Waals surface area contributed by atoms with Gasteiger partial charge in [-0.1, -0.05) is 19.6 Å². The van der Waals surface area contributed by atoms with E-state index in [1.165, 1.54) is 0 Å². The molecule has 0 aromatic rings. The Morgan fingerprint density at radius 3 is 1.44 bits per heavy atom. The van der Waals surface area contributed by atoms with Crippen LogP contribution >= 0.6 is 23.2 Å². The highest BCUT2D eigenvalue weighted by Crippen LogP contribution is 2.10. The van der Waals surface area contributed by atoms with E-state index < -0.39 is 8.24 Å². The van der Waals surface area contributed by atoms with E-state index in [1.54, 1.807) is 0 Å². The van der Waals surface area contributed by atoms with E-state index in [0.717, 1.165) is 0 Å². The van der Waals surface area contributed by atoms with Gasteiger partial charge in [0.05, 0.1) is 12.0 Å². The lowest BCUT2D eigenvalue weighted by molar-refractivity contribution is 0.571. The van der Waals surface area contributed by atoms with Crippen molar-refractivity contribution >= 4 is 31.4 Å². The average Bonchev–Trinajstić information content (AvgIpc) is 1.65. The van der Waals surface area contributed by atoms with E-state index in [9.17, 15) is 0 Å². The third kappa shape index (κ3) is 3.46. The number of hydrogen-bond acceptors (Lipinski definition) is 1. The second-order valence-corrected chi connectivity index (χ2v) is 8.40. The van der Waals surface area contributed by atoms with Gasteiger partial charge in [-0.2, -0.15) is 0 Å². The Morgan fingerprint density at radius 1 is 1.11 bits per heavy atom. The normalized spacial score (nSPS) is 12.7. The summed E-state index contributed by atoms with van der Waals surface area (Å²) in [5.74, 6) is 0. The molecule has 0 amide bonds. The zero-order valence-corrected chi connectivity index (χ0v) is 8.63. The summed E-state index contributed by atoms with van der Waals surface area (Å²) in [5, 5.41) is 0. The lowest BCUT2D eigenvalue weighted by atomic mass is 11.2. The third-order valence-electron chi connectivity index (χ3n) is 1.24. The van der Waals surface area contributed by atoms with Crippen molar-refractivity contribution in [1.82, 2.24) is 4.57 Å². The molecule has 4 heteroatoms.